The number of rotatable bonds is 3. The monoisotopic (exact) mass is 344 g/mol. The highest BCUT2D eigenvalue weighted by atomic mass is 32.2. The summed E-state index contributed by atoms with van der Waals surface area (Å²) in [7, 11) is 0. The fourth-order valence-corrected chi connectivity index (χ4v) is 4.11. The fourth-order valence-electron chi connectivity index (χ4n) is 2.69. The Labute approximate surface area is 146 Å². The van der Waals surface area contributed by atoms with Crippen molar-refractivity contribution in [3.63, 3.8) is 0 Å². The molecular formula is C18H20N2OS2. The van der Waals surface area contributed by atoms with Gasteiger partial charge in [-0.05, 0) is 42.7 Å². The molecule has 0 radical (unpaired) electrons. The summed E-state index contributed by atoms with van der Waals surface area (Å²) in [5.41, 5.74) is 0.827. The molecule has 23 heavy (non-hydrogen) atoms. The maximum atomic E-state index is 12.4. The van der Waals surface area contributed by atoms with E-state index >= 15 is 0 Å². The second kappa shape index (κ2) is 7.32. The first-order chi connectivity index (χ1) is 11.1. The molecule has 120 valence electrons. The van der Waals surface area contributed by atoms with Gasteiger partial charge in [-0.2, -0.15) is 0 Å². The largest absolute Gasteiger partial charge is 0.358 e. The lowest BCUT2D eigenvalue weighted by molar-refractivity contribution is -0.115. The smallest absolute Gasteiger partial charge is 0.237 e. The van der Waals surface area contributed by atoms with Crippen LogP contribution in [0, 0.1) is 0 Å². The Morgan fingerprint density at radius 3 is 2.61 bits per heavy atom. The molecule has 3 rings (SSSR count). The number of hydrogen-bond acceptors (Lipinski definition) is 3. The zero-order valence-electron chi connectivity index (χ0n) is 13.1. The Morgan fingerprint density at radius 1 is 1.17 bits per heavy atom. The maximum Gasteiger partial charge on any atom is 0.237 e. The molecule has 1 N–H and O–H groups in total. The van der Waals surface area contributed by atoms with Crippen LogP contribution in [-0.4, -0.2) is 33.5 Å². The van der Waals surface area contributed by atoms with Crippen LogP contribution >= 0.6 is 24.0 Å². The highest BCUT2D eigenvalue weighted by molar-refractivity contribution is 8.23. The van der Waals surface area contributed by atoms with Gasteiger partial charge in [-0.1, -0.05) is 54.3 Å². The third kappa shape index (κ3) is 4.03. The van der Waals surface area contributed by atoms with Crippen molar-refractivity contribution < 1.29 is 4.79 Å². The lowest BCUT2D eigenvalue weighted by Gasteiger charge is -2.20. The van der Waals surface area contributed by atoms with E-state index in [0.717, 1.165) is 28.5 Å². The first-order valence-corrected chi connectivity index (χ1v) is 9.17. The molecular weight excluding hydrogens is 324 g/mol. The first-order valence-electron chi connectivity index (χ1n) is 7.89. The molecule has 1 unspecified atom stereocenters. The summed E-state index contributed by atoms with van der Waals surface area (Å²) in [6.45, 7) is 3.94. The first kappa shape index (κ1) is 16.3. The van der Waals surface area contributed by atoms with Gasteiger partial charge in [0.2, 0.25) is 5.91 Å². The van der Waals surface area contributed by atoms with Crippen LogP contribution in [0.3, 0.4) is 0 Å². The van der Waals surface area contributed by atoms with E-state index in [1.807, 2.05) is 43.3 Å². The zero-order chi connectivity index (χ0) is 16.2. The molecule has 0 saturated carbocycles. The average molecular weight is 345 g/mol. The normalized spacial score (nSPS) is 15.6. The number of nitrogens with zero attached hydrogens (tertiary/aromatic N) is 1. The molecule has 5 heteroatoms. The van der Waals surface area contributed by atoms with Crippen molar-refractivity contribution in [3.8, 4) is 0 Å². The van der Waals surface area contributed by atoms with E-state index < -0.39 is 0 Å². The maximum absolute atomic E-state index is 12.4. The second-order valence-corrected chi connectivity index (χ2v) is 7.75. The van der Waals surface area contributed by atoms with E-state index in [0.29, 0.717) is 0 Å². The number of hydrogen-bond donors (Lipinski definition) is 1. The number of carbonyl (C=O) groups is 1. The Kier molecular flexibility index (Phi) is 5.18. The molecule has 1 fully saturated rings. The van der Waals surface area contributed by atoms with Crippen LogP contribution in [0.1, 0.15) is 19.8 Å². The quantitative estimate of drug-likeness (QED) is 0.842. The molecule has 2 aromatic rings. The predicted octanol–water partition coefficient (Wildman–Crippen LogP) is 4.28. The van der Waals surface area contributed by atoms with E-state index in [-0.39, 0.29) is 11.2 Å². The number of anilines is 1. The van der Waals surface area contributed by atoms with E-state index in [1.165, 1.54) is 30.0 Å². The lowest BCUT2D eigenvalue weighted by Crippen LogP contribution is -2.29. The minimum Gasteiger partial charge on any atom is -0.358 e. The molecule has 0 spiro atoms. The van der Waals surface area contributed by atoms with Gasteiger partial charge in [0.05, 0.1) is 5.25 Å². The molecule has 1 amide bonds. The van der Waals surface area contributed by atoms with Crippen molar-refractivity contribution in [3.05, 3.63) is 42.5 Å². The van der Waals surface area contributed by atoms with Crippen molar-refractivity contribution in [2.45, 2.75) is 25.0 Å². The van der Waals surface area contributed by atoms with Gasteiger partial charge < -0.3 is 10.2 Å². The number of amides is 1. The minimum atomic E-state index is -0.199. The molecule has 2 aromatic carbocycles. The van der Waals surface area contributed by atoms with Crippen LogP contribution in [0.15, 0.2) is 42.5 Å². The van der Waals surface area contributed by atoms with Crippen molar-refractivity contribution in [2.24, 2.45) is 0 Å². The lowest BCUT2D eigenvalue weighted by atomic mass is 10.1. The second-order valence-electron chi connectivity index (χ2n) is 5.77. The highest BCUT2D eigenvalue weighted by Gasteiger charge is 2.21. The number of fused-ring (bicyclic) bond motifs is 1. The number of benzene rings is 2. The molecule has 1 saturated heterocycles. The zero-order valence-corrected chi connectivity index (χ0v) is 14.8. The SMILES string of the molecule is CC(SC(=S)N1CCCC1)C(=O)Nc1ccc2ccccc2c1. The van der Waals surface area contributed by atoms with Crippen LogP contribution in [0.5, 0.6) is 0 Å². The standard InChI is InChI=1S/C18H20N2OS2/c1-13(23-18(22)20-10-4-5-11-20)17(21)19-16-9-8-14-6-2-3-7-15(14)12-16/h2-3,6-9,12-13H,4-5,10-11H2,1H3,(H,19,21). The summed E-state index contributed by atoms with van der Waals surface area (Å²) in [6, 6.07) is 14.1. The van der Waals surface area contributed by atoms with Gasteiger partial charge in [-0.15, -0.1) is 0 Å². The molecule has 1 heterocycles. The summed E-state index contributed by atoms with van der Waals surface area (Å²) in [4.78, 5) is 14.6. The van der Waals surface area contributed by atoms with Gasteiger partial charge in [-0.25, -0.2) is 0 Å². The van der Waals surface area contributed by atoms with Gasteiger partial charge in [0.1, 0.15) is 4.32 Å². The summed E-state index contributed by atoms with van der Waals surface area (Å²) in [5, 5.41) is 5.09. The van der Waals surface area contributed by atoms with Gasteiger partial charge in [0.25, 0.3) is 0 Å². The number of thiocarbonyl (C=S) groups is 1. The van der Waals surface area contributed by atoms with Crippen LogP contribution < -0.4 is 5.32 Å². The van der Waals surface area contributed by atoms with E-state index in [9.17, 15) is 4.79 Å². The minimum absolute atomic E-state index is 0.00757. The third-order valence-electron chi connectivity index (χ3n) is 4.03. The van der Waals surface area contributed by atoms with Crippen molar-refractivity contribution in [1.82, 2.24) is 4.90 Å². The third-order valence-corrected chi connectivity index (χ3v) is 5.60. The predicted molar refractivity (Wildman–Crippen MR) is 103 cm³/mol. The van der Waals surface area contributed by atoms with Gasteiger partial charge in [-0.3, -0.25) is 4.79 Å². The number of thioether (sulfide) groups is 1. The number of carbonyl (C=O) groups excluding carboxylic acids is 1. The van der Waals surface area contributed by atoms with E-state index in [1.54, 1.807) is 0 Å². The molecule has 0 aromatic heterocycles. The van der Waals surface area contributed by atoms with E-state index in [4.69, 9.17) is 12.2 Å². The average Bonchev–Trinajstić information content (AvgIpc) is 3.09. The van der Waals surface area contributed by atoms with Crippen LogP contribution in [0.25, 0.3) is 10.8 Å². The van der Waals surface area contributed by atoms with Gasteiger partial charge in [0.15, 0.2) is 0 Å². The summed E-state index contributed by atoms with van der Waals surface area (Å²) < 4.78 is 0.837. The van der Waals surface area contributed by atoms with E-state index in [2.05, 4.69) is 16.3 Å². The Bertz CT molecular complexity index is 726. The van der Waals surface area contributed by atoms with Crippen LogP contribution in [0.4, 0.5) is 5.69 Å². The molecule has 0 bridgehead atoms. The Hall–Kier alpha value is -1.59. The van der Waals surface area contributed by atoms with Crippen molar-refractivity contribution >= 4 is 50.7 Å². The molecule has 1 aliphatic rings. The van der Waals surface area contributed by atoms with Gasteiger partial charge >= 0.3 is 0 Å². The molecule has 1 aliphatic heterocycles. The van der Waals surface area contributed by atoms with Crippen molar-refractivity contribution in [1.29, 1.82) is 0 Å². The number of nitrogens with one attached hydrogen (secondary N) is 1. The summed E-state index contributed by atoms with van der Waals surface area (Å²) >= 11 is 6.92. The highest BCUT2D eigenvalue weighted by Crippen LogP contribution is 2.23. The van der Waals surface area contributed by atoms with Crippen LogP contribution in [0.2, 0.25) is 0 Å². The fraction of sp³-hybridized carbons (Fsp3) is 0.333. The summed E-state index contributed by atoms with van der Waals surface area (Å²) in [5.74, 6) is -0.00757. The van der Waals surface area contributed by atoms with Crippen LogP contribution in [-0.2, 0) is 4.79 Å². The Morgan fingerprint density at radius 2 is 1.87 bits per heavy atom. The number of likely N-dealkylation sites (tertiary alicyclic amines) is 1. The topological polar surface area (TPSA) is 32.3 Å². The van der Waals surface area contributed by atoms with Crippen molar-refractivity contribution in [2.75, 3.05) is 18.4 Å². The summed E-state index contributed by atoms with van der Waals surface area (Å²) in [6.07, 6.45) is 2.39. The van der Waals surface area contributed by atoms with Gasteiger partial charge in [0, 0.05) is 18.8 Å². The molecule has 1 atom stereocenters. The molecule has 0 aliphatic carbocycles. The Balaban J connectivity index is 1.61. The molecule has 3 nitrogen and oxygen atoms in total.